The minimum atomic E-state index is -1.25. The van der Waals surface area contributed by atoms with Crippen molar-refractivity contribution in [2.75, 3.05) is 46.0 Å². The van der Waals surface area contributed by atoms with Gasteiger partial charge in [-0.3, -0.25) is 4.79 Å². The first-order valence-electron chi connectivity index (χ1n) is 6.91. The number of nitrogens with one attached hydrogen (secondary N) is 2. The number of alkyl halides is 1. The lowest BCUT2D eigenvalue weighted by atomic mass is 10.0. The number of carbonyl (C=O) groups is 1. The third-order valence-corrected chi connectivity index (χ3v) is 2.72. The summed E-state index contributed by atoms with van der Waals surface area (Å²) in [7, 11) is 0. The van der Waals surface area contributed by atoms with E-state index in [4.69, 9.17) is 15.2 Å². The molecule has 0 aliphatic heterocycles. The molecule has 1 atom stereocenters. The summed E-state index contributed by atoms with van der Waals surface area (Å²) in [6.45, 7) is 8.03. The van der Waals surface area contributed by atoms with E-state index in [2.05, 4.69) is 10.6 Å². The molecular weight excluding hydrogens is 265 g/mol. The van der Waals surface area contributed by atoms with Crippen molar-refractivity contribution in [3.05, 3.63) is 0 Å². The lowest BCUT2D eigenvalue weighted by Gasteiger charge is -2.29. The summed E-state index contributed by atoms with van der Waals surface area (Å²) in [5, 5.41) is 5.57. The third-order valence-electron chi connectivity index (χ3n) is 2.72. The van der Waals surface area contributed by atoms with Crippen LogP contribution in [0, 0.1) is 0 Å². The molecule has 7 heteroatoms. The molecule has 0 aliphatic carbocycles. The monoisotopic (exact) mass is 293 g/mol. The maximum atomic E-state index is 13.9. The molecule has 0 radical (unpaired) electrons. The van der Waals surface area contributed by atoms with Gasteiger partial charge in [0.15, 0.2) is 0 Å². The molecule has 1 unspecified atom stereocenters. The second-order valence-corrected chi connectivity index (χ2v) is 5.01. The van der Waals surface area contributed by atoms with Gasteiger partial charge < -0.3 is 25.8 Å². The van der Waals surface area contributed by atoms with E-state index in [0.29, 0.717) is 39.5 Å². The smallest absolute Gasteiger partial charge is 0.216 e. The fourth-order valence-corrected chi connectivity index (χ4v) is 1.41. The number of ether oxygens (including phenoxy) is 2. The summed E-state index contributed by atoms with van der Waals surface area (Å²) in [5.41, 5.74) is 4.35. The highest BCUT2D eigenvalue weighted by Crippen LogP contribution is 2.17. The Morgan fingerprint density at radius 3 is 2.55 bits per heavy atom. The molecule has 0 rings (SSSR count). The number of carbonyl (C=O) groups excluding carboxylic acids is 1. The minimum Gasteiger partial charge on any atom is -0.379 e. The normalized spacial score (nSPS) is 13.2. The highest BCUT2D eigenvalue weighted by atomic mass is 19.1. The largest absolute Gasteiger partial charge is 0.379 e. The Hall–Kier alpha value is -0.760. The molecule has 4 N–H and O–H groups in total. The zero-order chi connectivity index (χ0) is 15.4. The van der Waals surface area contributed by atoms with Gasteiger partial charge >= 0.3 is 0 Å². The van der Waals surface area contributed by atoms with E-state index in [1.807, 2.05) is 0 Å². The van der Waals surface area contributed by atoms with Gasteiger partial charge in [-0.2, -0.15) is 0 Å². The average molecular weight is 293 g/mol. The summed E-state index contributed by atoms with van der Waals surface area (Å²) in [6, 6.07) is 0. The lowest BCUT2D eigenvalue weighted by Crippen LogP contribution is -2.44. The lowest BCUT2D eigenvalue weighted by molar-refractivity contribution is -0.120. The van der Waals surface area contributed by atoms with Gasteiger partial charge in [-0.1, -0.05) is 0 Å². The SMILES string of the molecule is CC(=O)NCC(F)C(C)(C)OCCNCCOCCN. The number of halogens is 1. The van der Waals surface area contributed by atoms with Gasteiger partial charge in [0.1, 0.15) is 6.17 Å². The first-order chi connectivity index (χ1) is 9.40. The number of nitrogens with two attached hydrogens (primary N) is 1. The van der Waals surface area contributed by atoms with Crippen LogP contribution in [0.25, 0.3) is 0 Å². The summed E-state index contributed by atoms with van der Waals surface area (Å²) in [6.07, 6.45) is -1.25. The molecule has 6 nitrogen and oxygen atoms in total. The molecule has 0 aromatic carbocycles. The predicted molar refractivity (Wildman–Crippen MR) is 76.4 cm³/mol. The van der Waals surface area contributed by atoms with Gasteiger partial charge in [-0.25, -0.2) is 4.39 Å². The van der Waals surface area contributed by atoms with Crippen molar-refractivity contribution in [2.45, 2.75) is 32.5 Å². The Bertz CT molecular complexity index is 265. The van der Waals surface area contributed by atoms with Crippen LogP contribution in [-0.2, 0) is 14.3 Å². The van der Waals surface area contributed by atoms with E-state index < -0.39 is 11.8 Å². The summed E-state index contributed by atoms with van der Waals surface area (Å²) < 4.78 is 24.6. The van der Waals surface area contributed by atoms with Gasteiger partial charge in [-0.05, 0) is 13.8 Å². The average Bonchev–Trinajstić information content (AvgIpc) is 2.38. The van der Waals surface area contributed by atoms with Crippen LogP contribution in [0.2, 0.25) is 0 Å². The fraction of sp³-hybridized carbons (Fsp3) is 0.923. The van der Waals surface area contributed by atoms with E-state index in [0.717, 1.165) is 0 Å². The zero-order valence-corrected chi connectivity index (χ0v) is 12.7. The first kappa shape index (κ1) is 19.2. The van der Waals surface area contributed by atoms with E-state index in [1.165, 1.54) is 6.92 Å². The van der Waals surface area contributed by atoms with Crippen LogP contribution in [0.4, 0.5) is 4.39 Å². The van der Waals surface area contributed by atoms with Crippen molar-refractivity contribution in [1.82, 2.24) is 10.6 Å². The third kappa shape index (κ3) is 10.1. The Morgan fingerprint density at radius 2 is 1.95 bits per heavy atom. The van der Waals surface area contributed by atoms with Crippen LogP contribution in [0.5, 0.6) is 0 Å². The van der Waals surface area contributed by atoms with Crippen LogP contribution in [0.1, 0.15) is 20.8 Å². The fourth-order valence-electron chi connectivity index (χ4n) is 1.41. The van der Waals surface area contributed by atoms with E-state index in [9.17, 15) is 9.18 Å². The molecule has 20 heavy (non-hydrogen) atoms. The molecule has 0 aliphatic rings. The summed E-state index contributed by atoms with van der Waals surface area (Å²) in [5.74, 6) is -0.248. The summed E-state index contributed by atoms with van der Waals surface area (Å²) >= 11 is 0. The predicted octanol–water partition coefficient (Wildman–Crippen LogP) is -0.179. The van der Waals surface area contributed by atoms with Crippen molar-refractivity contribution in [2.24, 2.45) is 5.73 Å². The molecule has 0 heterocycles. The molecule has 0 saturated carbocycles. The van der Waals surface area contributed by atoms with Crippen LogP contribution in [0.3, 0.4) is 0 Å². The quantitative estimate of drug-likeness (QED) is 0.435. The molecule has 0 spiro atoms. The summed E-state index contributed by atoms with van der Waals surface area (Å²) in [4.78, 5) is 10.7. The van der Waals surface area contributed by atoms with Crippen molar-refractivity contribution in [1.29, 1.82) is 0 Å². The van der Waals surface area contributed by atoms with Crippen LogP contribution in [0.15, 0.2) is 0 Å². The van der Waals surface area contributed by atoms with Gasteiger partial charge in [-0.15, -0.1) is 0 Å². The second-order valence-electron chi connectivity index (χ2n) is 5.01. The molecular formula is C13H28FN3O3. The molecule has 120 valence electrons. The standard InChI is InChI=1S/C13H28FN3O3/c1-11(18)17-10-12(14)13(2,3)20-9-6-16-5-8-19-7-4-15/h12,16H,4-10,15H2,1-3H3,(H,17,18). The molecule has 0 saturated heterocycles. The highest BCUT2D eigenvalue weighted by Gasteiger charge is 2.30. The molecule has 0 bridgehead atoms. The van der Waals surface area contributed by atoms with E-state index in [-0.39, 0.29) is 12.5 Å². The maximum absolute atomic E-state index is 13.9. The second kappa shape index (κ2) is 11.0. The number of hydrogen-bond donors (Lipinski definition) is 3. The minimum absolute atomic E-state index is 0.0390. The van der Waals surface area contributed by atoms with Gasteiger partial charge in [0.05, 0.1) is 32.0 Å². The zero-order valence-electron chi connectivity index (χ0n) is 12.7. The first-order valence-corrected chi connectivity index (χ1v) is 6.91. The Morgan fingerprint density at radius 1 is 1.30 bits per heavy atom. The van der Waals surface area contributed by atoms with Crippen molar-refractivity contribution < 1.29 is 18.7 Å². The van der Waals surface area contributed by atoms with Crippen LogP contribution in [-0.4, -0.2) is 63.7 Å². The molecule has 0 aromatic rings. The Labute approximate surface area is 120 Å². The number of hydrogen-bond acceptors (Lipinski definition) is 5. The van der Waals surface area contributed by atoms with Gasteiger partial charge in [0.2, 0.25) is 5.91 Å². The van der Waals surface area contributed by atoms with Crippen molar-refractivity contribution >= 4 is 5.91 Å². The van der Waals surface area contributed by atoms with Crippen molar-refractivity contribution in [3.63, 3.8) is 0 Å². The van der Waals surface area contributed by atoms with Crippen molar-refractivity contribution in [3.8, 4) is 0 Å². The highest BCUT2D eigenvalue weighted by molar-refractivity contribution is 5.72. The molecule has 0 aromatic heterocycles. The Balaban J connectivity index is 3.62. The number of rotatable bonds is 12. The topological polar surface area (TPSA) is 85.6 Å². The van der Waals surface area contributed by atoms with E-state index in [1.54, 1.807) is 13.8 Å². The van der Waals surface area contributed by atoms with Crippen LogP contribution < -0.4 is 16.4 Å². The number of amides is 1. The van der Waals surface area contributed by atoms with Gasteiger partial charge in [0, 0.05) is 26.6 Å². The maximum Gasteiger partial charge on any atom is 0.216 e. The van der Waals surface area contributed by atoms with E-state index >= 15 is 0 Å². The molecule has 0 fully saturated rings. The Kier molecular flexibility index (Phi) is 10.5. The van der Waals surface area contributed by atoms with Crippen LogP contribution >= 0.6 is 0 Å². The molecule has 1 amide bonds. The van der Waals surface area contributed by atoms with Gasteiger partial charge in [0.25, 0.3) is 0 Å².